The maximum atomic E-state index is 14.5. The number of halogens is 1. The zero-order valence-corrected chi connectivity index (χ0v) is 15.4. The fourth-order valence-electron chi connectivity index (χ4n) is 4.29. The Hall–Kier alpha value is -2.77. The number of carbonyl (C=O) groups excluding carboxylic acids is 4. The van der Waals surface area contributed by atoms with Crippen LogP contribution in [0.15, 0.2) is 12.1 Å². The Morgan fingerprint density at radius 1 is 1.18 bits per heavy atom. The van der Waals surface area contributed by atoms with E-state index in [-0.39, 0.29) is 49.2 Å². The van der Waals surface area contributed by atoms with Gasteiger partial charge in [-0.1, -0.05) is 12.8 Å². The summed E-state index contributed by atoms with van der Waals surface area (Å²) in [6.07, 6.45) is 4.26. The molecule has 3 aliphatic rings. The summed E-state index contributed by atoms with van der Waals surface area (Å²) in [6, 6.07) is 2.04. The molecule has 148 valence electrons. The van der Waals surface area contributed by atoms with Crippen molar-refractivity contribution in [3.63, 3.8) is 0 Å². The van der Waals surface area contributed by atoms with Crippen LogP contribution in [0.1, 0.15) is 60.0 Å². The Balaban J connectivity index is 1.47. The van der Waals surface area contributed by atoms with Gasteiger partial charge >= 0.3 is 0 Å². The van der Waals surface area contributed by atoms with Crippen molar-refractivity contribution in [1.29, 1.82) is 0 Å². The van der Waals surface area contributed by atoms with Crippen molar-refractivity contribution in [3.8, 4) is 0 Å². The standard InChI is InChI=1S/C20H22FN3O4/c21-15-8-14-13(7-12(15)9-22-18(26)11-3-1-2-4-11)10-24(20(14)28)16-5-6-17(25)23-19(16)27/h7-8,11,16H,1-6,9-10H2,(H,22,26)(H,23,25,27). The Labute approximate surface area is 161 Å². The lowest BCUT2D eigenvalue weighted by Gasteiger charge is -2.29. The highest BCUT2D eigenvalue weighted by Gasteiger charge is 2.39. The lowest BCUT2D eigenvalue weighted by molar-refractivity contribution is -0.137. The molecule has 4 rings (SSSR count). The average molecular weight is 387 g/mol. The van der Waals surface area contributed by atoms with Crippen LogP contribution in [-0.2, 0) is 27.5 Å². The molecule has 2 N–H and O–H groups in total. The van der Waals surface area contributed by atoms with E-state index in [1.807, 2.05) is 0 Å². The van der Waals surface area contributed by atoms with E-state index in [0.29, 0.717) is 11.1 Å². The predicted molar refractivity (Wildman–Crippen MR) is 96.2 cm³/mol. The molecule has 2 fully saturated rings. The molecule has 4 amide bonds. The van der Waals surface area contributed by atoms with Crippen molar-refractivity contribution in [1.82, 2.24) is 15.5 Å². The topological polar surface area (TPSA) is 95.6 Å². The summed E-state index contributed by atoms with van der Waals surface area (Å²) in [6.45, 7) is 0.255. The number of hydrogen-bond donors (Lipinski definition) is 2. The second-order valence-electron chi connectivity index (χ2n) is 7.70. The molecule has 1 unspecified atom stereocenters. The monoisotopic (exact) mass is 387 g/mol. The van der Waals surface area contributed by atoms with Crippen LogP contribution in [0.2, 0.25) is 0 Å². The van der Waals surface area contributed by atoms with Gasteiger partial charge in [-0.15, -0.1) is 0 Å². The van der Waals surface area contributed by atoms with E-state index in [9.17, 15) is 23.6 Å². The summed E-state index contributed by atoms with van der Waals surface area (Å²) in [7, 11) is 0. The number of amides is 4. The Morgan fingerprint density at radius 2 is 1.93 bits per heavy atom. The van der Waals surface area contributed by atoms with Gasteiger partial charge in [-0.2, -0.15) is 0 Å². The number of carbonyl (C=O) groups is 4. The molecule has 8 heteroatoms. The molecule has 1 aliphatic carbocycles. The number of nitrogens with one attached hydrogen (secondary N) is 2. The first kappa shape index (κ1) is 18.6. The summed E-state index contributed by atoms with van der Waals surface area (Å²) in [5, 5.41) is 5.03. The molecule has 0 aromatic heterocycles. The maximum absolute atomic E-state index is 14.5. The number of piperidine rings is 1. The van der Waals surface area contributed by atoms with Gasteiger partial charge in [0.25, 0.3) is 5.91 Å². The molecule has 28 heavy (non-hydrogen) atoms. The first-order valence-electron chi connectivity index (χ1n) is 9.67. The molecule has 7 nitrogen and oxygen atoms in total. The first-order valence-corrected chi connectivity index (χ1v) is 9.67. The fourth-order valence-corrected chi connectivity index (χ4v) is 4.29. The van der Waals surface area contributed by atoms with Gasteiger partial charge in [-0.05, 0) is 37.0 Å². The van der Waals surface area contributed by atoms with Gasteiger partial charge in [-0.25, -0.2) is 4.39 Å². The summed E-state index contributed by atoms with van der Waals surface area (Å²) in [5.41, 5.74) is 1.18. The third-order valence-electron chi connectivity index (χ3n) is 5.87. The number of hydrogen-bond acceptors (Lipinski definition) is 4. The quantitative estimate of drug-likeness (QED) is 0.764. The highest BCUT2D eigenvalue weighted by atomic mass is 19.1. The Bertz CT molecular complexity index is 863. The maximum Gasteiger partial charge on any atom is 0.255 e. The molecule has 1 saturated heterocycles. The zero-order chi connectivity index (χ0) is 19.8. The lowest BCUT2D eigenvalue weighted by Crippen LogP contribution is -2.52. The third-order valence-corrected chi connectivity index (χ3v) is 5.87. The predicted octanol–water partition coefficient (Wildman–Crippen LogP) is 1.39. The summed E-state index contributed by atoms with van der Waals surface area (Å²) >= 11 is 0. The van der Waals surface area contributed by atoms with E-state index in [1.54, 1.807) is 6.07 Å². The highest BCUT2D eigenvalue weighted by Crippen LogP contribution is 2.30. The van der Waals surface area contributed by atoms with Crippen LogP contribution in [0.5, 0.6) is 0 Å². The smallest absolute Gasteiger partial charge is 0.255 e. The van der Waals surface area contributed by atoms with Crippen LogP contribution in [0.25, 0.3) is 0 Å². The third kappa shape index (κ3) is 3.39. The number of imide groups is 1. The van der Waals surface area contributed by atoms with Gasteiger partial charge in [0.2, 0.25) is 17.7 Å². The largest absolute Gasteiger partial charge is 0.352 e. The molecular weight excluding hydrogens is 365 g/mol. The van der Waals surface area contributed by atoms with Crippen molar-refractivity contribution < 1.29 is 23.6 Å². The number of fused-ring (bicyclic) bond motifs is 1. The summed E-state index contributed by atoms with van der Waals surface area (Å²) < 4.78 is 14.5. The fraction of sp³-hybridized carbons (Fsp3) is 0.500. The molecule has 1 saturated carbocycles. The van der Waals surface area contributed by atoms with Crippen LogP contribution in [0.4, 0.5) is 4.39 Å². The minimum Gasteiger partial charge on any atom is -0.352 e. The molecule has 2 aliphatic heterocycles. The van der Waals surface area contributed by atoms with Gasteiger partial charge in [0, 0.05) is 36.6 Å². The van der Waals surface area contributed by atoms with Gasteiger partial charge < -0.3 is 10.2 Å². The van der Waals surface area contributed by atoms with Crippen LogP contribution in [0.3, 0.4) is 0 Å². The van der Waals surface area contributed by atoms with Crippen molar-refractivity contribution in [2.24, 2.45) is 5.92 Å². The van der Waals surface area contributed by atoms with Crippen molar-refractivity contribution >= 4 is 23.6 Å². The number of benzene rings is 1. The summed E-state index contributed by atoms with van der Waals surface area (Å²) in [4.78, 5) is 49.6. The van der Waals surface area contributed by atoms with E-state index >= 15 is 0 Å². The normalized spacial score (nSPS) is 22.4. The minimum absolute atomic E-state index is 0.00193. The minimum atomic E-state index is -0.730. The molecule has 1 atom stereocenters. The average Bonchev–Trinajstić information content (AvgIpc) is 3.29. The van der Waals surface area contributed by atoms with Gasteiger partial charge in [0.15, 0.2) is 0 Å². The van der Waals surface area contributed by atoms with Gasteiger partial charge in [0.1, 0.15) is 11.9 Å². The van der Waals surface area contributed by atoms with E-state index in [4.69, 9.17) is 0 Å². The molecule has 1 aromatic rings. The molecule has 0 bridgehead atoms. The van der Waals surface area contributed by atoms with E-state index in [1.165, 1.54) is 11.0 Å². The Kier molecular flexibility index (Phi) is 4.87. The molecular formula is C20H22FN3O4. The highest BCUT2D eigenvalue weighted by molar-refractivity contribution is 6.05. The molecule has 2 heterocycles. The van der Waals surface area contributed by atoms with Crippen LogP contribution >= 0.6 is 0 Å². The van der Waals surface area contributed by atoms with E-state index < -0.39 is 23.7 Å². The van der Waals surface area contributed by atoms with Gasteiger partial charge in [0.05, 0.1) is 0 Å². The Morgan fingerprint density at radius 3 is 2.64 bits per heavy atom. The van der Waals surface area contributed by atoms with Gasteiger partial charge in [-0.3, -0.25) is 24.5 Å². The van der Waals surface area contributed by atoms with E-state index in [2.05, 4.69) is 10.6 Å². The second-order valence-corrected chi connectivity index (χ2v) is 7.70. The van der Waals surface area contributed by atoms with Crippen molar-refractivity contribution in [2.75, 3.05) is 0 Å². The molecule has 0 radical (unpaired) electrons. The molecule has 0 spiro atoms. The molecule has 1 aromatic carbocycles. The van der Waals surface area contributed by atoms with Crippen molar-refractivity contribution in [2.45, 2.75) is 57.7 Å². The SMILES string of the molecule is O=C1CCC(N2Cc3cc(CNC(=O)C4CCCC4)c(F)cc3C2=O)C(=O)N1. The second kappa shape index (κ2) is 7.33. The van der Waals surface area contributed by atoms with E-state index in [0.717, 1.165) is 25.7 Å². The number of nitrogens with zero attached hydrogens (tertiary/aromatic N) is 1. The first-order chi connectivity index (χ1) is 13.4. The van der Waals surface area contributed by atoms with Crippen LogP contribution in [0, 0.1) is 11.7 Å². The lowest BCUT2D eigenvalue weighted by atomic mass is 10.0. The number of rotatable bonds is 4. The summed E-state index contributed by atoms with van der Waals surface area (Å²) in [5.74, 6) is -1.87. The van der Waals surface area contributed by atoms with Crippen molar-refractivity contribution in [3.05, 3.63) is 34.6 Å². The van der Waals surface area contributed by atoms with Crippen LogP contribution in [-0.4, -0.2) is 34.6 Å². The van der Waals surface area contributed by atoms with Crippen LogP contribution < -0.4 is 10.6 Å². The zero-order valence-electron chi connectivity index (χ0n) is 15.4.